The average molecular weight is 232 g/mol. The minimum absolute atomic E-state index is 0.0262. The van der Waals surface area contributed by atoms with Crippen molar-refractivity contribution < 1.29 is 18.0 Å². The minimum Gasteiger partial charge on any atom is -0.322 e. The zero-order valence-electron chi connectivity index (χ0n) is 8.85. The van der Waals surface area contributed by atoms with Crippen LogP contribution in [0.25, 0.3) is 0 Å². The van der Waals surface area contributed by atoms with Gasteiger partial charge in [0.1, 0.15) is 0 Å². The fourth-order valence-electron chi connectivity index (χ4n) is 1.10. The van der Waals surface area contributed by atoms with Gasteiger partial charge in [0, 0.05) is 0 Å². The number of carbonyl (C=O) groups is 1. The standard InChI is InChI=1S/C10H11F3N2O/c1-15(2)5-8(16)14-7-4-3-6(11)9(12)10(7)13/h3-4H,5H2,1-2H3,(H,14,16). The van der Waals surface area contributed by atoms with Crippen molar-refractivity contribution in [2.45, 2.75) is 0 Å². The Kier molecular flexibility index (Phi) is 3.89. The number of rotatable bonds is 3. The summed E-state index contributed by atoms with van der Waals surface area (Å²) in [5.74, 6) is -4.78. The third-order valence-electron chi connectivity index (χ3n) is 1.77. The first kappa shape index (κ1) is 12.5. The summed E-state index contributed by atoms with van der Waals surface area (Å²) < 4.78 is 38.5. The fraction of sp³-hybridized carbons (Fsp3) is 0.300. The Morgan fingerprint density at radius 3 is 2.44 bits per heavy atom. The quantitative estimate of drug-likeness (QED) is 0.803. The topological polar surface area (TPSA) is 32.3 Å². The summed E-state index contributed by atoms with van der Waals surface area (Å²) in [4.78, 5) is 12.8. The smallest absolute Gasteiger partial charge is 0.238 e. The van der Waals surface area contributed by atoms with Crippen molar-refractivity contribution in [3.05, 3.63) is 29.6 Å². The van der Waals surface area contributed by atoms with Gasteiger partial charge in [0.05, 0.1) is 12.2 Å². The molecule has 1 rings (SSSR count). The summed E-state index contributed by atoms with van der Waals surface area (Å²) >= 11 is 0. The SMILES string of the molecule is CN(C)CC(=O)Nc1ccc(F)c(F)c1F. The van der Waals surface area contributed by atoms with Gasteiger partial charge in [0.25, 0.3) is 0 Å². The predicted octanol–water partition coefficient (Wildman–Crippen LogP) is 1.60. The highest BCUT2D eigenvalue weighted by atomic mass is 19.2. The number of hydrogen-bond donors (Lipinski definition) is 1. The second kappa shape index (κ2) is 4.98. The monoisotopic (exact) mass is 232 g/mol. The molecular formula is C10H11F3N2O. The molecule has 88 valence electrons. The lowest BCUT2D eigenvalue weighted by Gasteiger charge is -2.10. The number of amides is 1. The first-order chi connectivity index (χ1) is 7.41. The Morgan fingerprint density at radius 2 is 1.88 bits per heavy atom. The van der Waals surface area contributed by atoms with Crippen LogP contribution in [0.3, 0.4) is 0 Å². The van der Waals surface area contributed by atoms with Crippen LogP contribution in [-0.2, 0) is 4.79 Å². The largest absolute Gasteiger partial charge is 0.322 e. The Morgan fingerprint density at radius 1 is 1.25 bits per heavy atom. The van der Waals surface area contributed by atoms with E-state index in [1.54, 1.807) is 19.0 Å². The van der Waals surface area contributed by atoms with Gasteiger partial charge in [-0.1, -0.05) is 0 Å². The molecule has 0 fully saturated rings. The molecule has 0 saturated carbocycles. The summed E-state index contributed by atoms with van der Waals surface area (Å²) in [6.45, 7) is 0.0262. The molecule has 0 aromatic heterocycles. The molecule has 0 spiro atoms. The van der Waals surface area contributed by atoms with Gasteiger partial charge in [0.15, 0.2) is 17.5 Å². The summed E-state index contributed by atoms with van der Waals surface area (Å²) in [5.41, 5.74) is -0.370. The number of hydrogen-bond acceptors (Lipinski definition) is 2. The van der Waals surface area contributed by atoms with Gasteiger partial charge in [-0.25, -0.2) is 13.2 Å². The molecule has 1 aromatic rings. The van der Waals surface area contributed by atoms with Crippen molar-refractivity contribution in [3.63, 3.8) is 0 Å². The Balaban J connectivity index is 2.82. The number of anilines is 1. The molecule has 0 unspecified atom stereocenters. The highest BCUT2D eigenvalue weighted by molar-refractivity contribution is 5.92. The number of nitrogens with zero attached hydrogens (tertiary/aromatic N) is 1. The molecule has 0 radical (unpaired) electrons. The molecule has 1 N–H and O–H groups in total. The van der Waals surface area contributed by atoms with Crippen LogP contribution >= 0.6 is 0 Å². The molecule has 0 heterocycles. The maximum atomic E-state index is 13.1. The molecule has 1 amide bonds. The van der Waals surface area contributed by atoms with Crippen LogP contribution in [0.5, 0.6) is 0 Å². The summed E-state index contributed by atoms with van der Waals surface area (Å²) in [5, 5.41) is 2.15. The molecule has 0 aliphatic rings. The fourth-order valence-corrected chi connectivity index (χ4v) is 1.10. The van der Waals surface area contributed by atoms with E-state index in [0.717, 1.165) is 12.1 Å². The maximum Gasteiger partial charge on any atom is 0.238 e. The highest BCUT2D eigenvalue weighted by Gasteiger charge is 2.15. The van der Waals surface area contributed by atoms with E-state index in [9.17, 15) is 18.0 Å². The van der Waals surface area contributed by atoms with Crippen LogP contribution in [0.4, 0.5) is 18.9 Å². The second-order valence-electron chi connectivity index (χ2n) is 3.51. The van der Waals surface area contributed by atoms with Crippen molar-refractivity contribution >= 4 is 11.6 Å². The van der Waals surface area contributed by atoms with E-state index in [0.29, 0.717) is 0 Å². The van der Waals surface area contributed by atoms with E-state index >= 15 is 0 Å². The third kappa shape index (κ3) is 2.96. The van der Waals surface area contributed by atoms with E-state index in [4.69, 9.17) is 0 Å². The molecule has 0 bridgehead atoms. The Hall–Kier alpha value is -1.56. The van der Waals surface area contributed by atoms with Crippen molar-refractivity contribution in [1.82, 2.24) is 4.90 Å². The number of benzene rings is 1. The van der Waals surface area contributed by atoms with Gasteiger partial charge >= 0.3 is 0 Å². The van der Waals surface area contributed by atoms with Crippen LogP contribution in [0.1, 0.15) is 0 Å². The lowest BCUT2D eigenvalue weighted by molar-refractivity contribution is -0.116. The molecule has 1 aromatic carbocycles. The predicted molar refractivity (Wildman–Crippen MR) is 53.5 cm³/mol. The Bertz CT molecular complexity index is 407. The first-order valence-electron chi connectivity index (χ1n) is 4.50. The van der Waals surface area contributed by atoms with Crippen molar-refractivity contribution in [2.75, 3.05) is 26.0 Å². The van der Waals surface area contributed by atoms with Crippen molar-refractivity contribution in [3.8, 4) is 0 Å². The number of nitrogens with one attached hydrogen (secondary N) is 1. The van der Waals surface area contributed by atoms with Crippen LogP contribution in [0.15, 0.2) is 12.1 Å². The van der Waals surface area contributed by atoms with Gasteiger partial charge in [0.2, 0.25) is 5.91 Å². The van der Waals surface area contributed by atoms with E-state index in [2.05, 4.69) is 5.32 Å². The third-order valence-corrected chi connectivity index (χ3v) is 1.77. The van der Waals surface area contributed by atoms with Gasteiger partial charge < -0.3 is 10.2 Å². The number of carbonyl (C=O) groups excluding carboxylic acids is 1. The normalized spacial score (nSPS) is 10.6. The molecule has 16 heavy (non-hydrogen) atoms. The number of likely N-dealkylation sites (N-methyl/N-ethyl adjacent to an activating group) is 1. The van der Waals surface area contributed by atoms with Crippen molar-refractivity contribution in [1.29, 1.82) is 0 Å². The molecule has 3 nitrogen and oxygen atoms in total. The van der Waals surface area contributed by atoms with Crippen LogP contribution in [0.2, 0.25) is 0 Å². The molecule has 0 saturated heterocycles. The molecule has 0 aliphatic heterocycles. The van der Waals surface area contributed by atoms with Crippen LogP contribution in [0, 0.1) is 17.5 Å². The molecular weight excluding hydrogens is 221 g/mol. The summed E-state index contributed by atoms with van der Waals surface area (Å²) in [7, 11) is 3.31. The van der Waals surface area contributed by atoms with E-state index in [1.165, 1.54) is 0 Å². The lowest BCUT2D eigenvalue weighted by Crippen LogP contribution is -2.27. The molecule has 6 heteroatoms. The van der Waals surface area contributed by atoms with Gasteiger partial charge in [-0.15, -0.1) is 0 Å². The van der Waals surface area contributed by atoms with Gasteiger partial charge in [-0.3, -0.25) is 4.79 Å². The van der Waals surface area contributed by atoms with Gasteiger partial charge in [-0.2, -0.15) is 0 Å². The zero-order chi connectivity index (χ0) is 12.3. The number of halogens is 3. The highest BCUT2D eigenvalue weighted by Crippen LogP contribution is 2.19. The molecule has 0 atom stereocenters. The van der Waals surface area contributed by atoms with Crippen LogP contribution < -0.4 is 5.32 Å². The van der Waals surface area contributed by atoms with E-state index < -0.39 is 23.4 Å². The Labute approximate surface area is 90.9 Å². The molecule has 0 aliphatic carbocycles. The maximum absolute atomic E-state index is 13.1. The van der Waals surface area contributed by atoms with E-state index in [-0.39, 0.29) is 12.2 Å². The first-order valence-corrected chi connectivity index (χ1v) is 4.50. The lowest BCUT2D eigenvalue weighted by atomic mass is 10.2. The zero-order valence-corrected chi connectivity index (χ0v) is 8.85. The summed E-state index contributed by atoms with van der Waals surface area (Å²) in [6.07, 6.45) is 0. The average Bonchev–Trinajstić information content (AvgIpc) is 2.18. The van der Waals surface area contributed by atoms with Crippen molar-refractivity contribution in [2.24, 2.45) is 0 Å². The summed E-state index contributed by atoms with van der Waals surface area (Å²) in [6, 6.07) is 1.73. The second-order valence-corrected chi connectivity index (χ2v) is 3.51. The minimum atomic E-state index is -1.59. The van der Waals surface area contributed by atoms with Gasteiger partial charge in [-0.05, 0) is 26.2 Å². The van der Waals surface area contributed by atoms with Crippen LogP contribution in [-0.4, -0.2) is 31.4 Å². The van der Waals surface area contributed by atoms with E-state index in [1.807, 2.05) is 0 Å².